The molecule has 7 nitrogen and oxygen atoms in total. The van der Waals surface area contributed by atoms with Crippen LogP contribution in [0.5, 0.6) is 0 Å². The van der Waals surface area contributed by atoms with E-state index in [2.05, 4.69) is 15.6 Å². The lowest BCUT2D eigenvalue weighted by Gasteiger charge is -2.26. The number of nitrogens with zero attached hydrogens (tertiary/aromatic N) is 4. The Morgan fingerprint density at radius 2 is 2.16 bits per heavy atom. The van der Waals surface area contributed by atoms with Crippen LogP contribution in [0.15, 0.2) is 6.20 Å². The second kappa shape index (κ2) is 7.20. The van der Waals surface area contributed by atoms with Crippen molar-refractivity contribution in [1.82, 2.24) is 25.2 Å². The smallest absolute Gasteiger partial charge is 0.236 e. The van der Waals surface area contributed by atoms with E-state index in [4.69, 9.17) is 5.11 Å². The number of hydrogen-bond acceptors (Lipinski definition) is 5. The third-order valence-corrected chi connectivity index (χ3v) is 3.21. The van der Waals surface area contributed by atoms with Crippen LogP contribution in [0.4, 0.5) is 0 Å². The number of aliphatic hydroxyl groups is 1. The number of rotatable bonds is 6. The van der Waals surface area contributed by atoms with Crippen LogP contribution in [0, 0.1) is 0 Å². The molecule has 0 aromatic carbocycles. The van der Waals surface area contributed by atoms with Gasteiger partial charge >= 0.3 is 0 Å². The number of carbonyl (C=O) groups is 1. The summed E-state index contributed by atoms with van der Waals surface area (Å²) in [6.45, 7) is 3.11. The molecule has 106 valence electrons. The van der Waals surface area contributed by atoms with E-state index in [1.807, 2.05) is 4.90 Å². The lowest BCUT2D eigenvalue weighted by molar-refractivity contribution is -0.131. The Kier molecular flexibility index (Phi) is 5.29. The Balaban J connectivity index is 1.68. The average molecular weight is 267 g/mol. The summed E-state index contributed by atoms with van der Waals surface area (Å²) in [6.07, 6.45) is 5.22. The number of nitrogens with one attached hydrogen (secondary N) is 1. The van der Waals surface area contributed by atoms with E-state index in [-0.39, 0.29) is 12.5 Å². The molecule has 19 heavy (non-hydrogen) atoms. The maximum atomic E-state index is 11.9. The first-order valence-electron chi connectivity index (χ1n) is 6.78. The molecule has 0 atom stereocenters. The maximum absolute atomic E-state index is 11.9. The van der Waals surface area contributed by atoms with Gasteiger partial charge in [0.2, 0.25) is 5.91 Å². The quantitative estimate of drug-likeness (QED) is 0.717. The van der Waals surface area contributed by atoms with Crippen molar-refractivity contribution in [2.45, 2.75) is 32.4 Å². The maximum Gasteiger partial charge on any atom is 0.236 e. The molecule has 1 aromatic rings. The van der Waals surface area contributed by atoms with Crippen LogP contribution >= 0.6 is 0 Å². The molecule has 1 fully saturated rings. The van der Waals surface area contributed by atoms with E-state index < -0.39 is 0 Å². The van der Waals surface area contributed by atoms with Gasteiger partial charge in [-0.25, -0.2) is 4.68 Å². The van der Waals surface area contributed by atoms with Gasteiger partial charge in [0.15, 0.2) is 0 Å². The summed E-state index contributed by atoms with van der Waals surface area (Å²) in [5.41, 5.74) is 0.778. The molecule has 1 aliphatic heterocycles. The topological polar surface area (TPSA) is 83.3 Å². The fraction of sp³-hybridized carbons (Fsp3) is 0.750. The molecule has 1 aromatic heterocycles. The second-order valence-corrected chi connectivity index (χ2v) is 4.74. The zero-order valence-corrected chi connectivity index (χ0v) is 11.1. The molecule has 0 aliphatic carbocycles. The van der Waals surface area contributed by atoms with E-state index in [1.54, 1.807) is 10.9 Å². The van der Waals surface area contributed by atoms with E-state index in [1.165, 1.54) is 6.42 Å². The molecular weight excluding hydrogens is 246 g/mol. The van der Waals surface area contributed by atoms with Gasteiger partial charge in [-0.15, -0.1) is 5.10 Å². The summed E-state index contributed by atoms with van der Waals surface area (Å²) in [5.74, 6) is 0.155. The van der Waals surface area contributed by atoms with Gasteiger partial charge in [0.1, 0.15) is 0 Å². The molecular formula is C12H21N5O2. The molecule has 0 radical (unpaired) electrons. The number of aliphatic hydroxyl groups excluding tert-OH is 1. The van der Waals surface area contributed by atoms with E-state index >= 15 is 0 Å². The minimum absolute atomic E-state index is 0.0453. The molecule has 1 saturated heterocycles. The van der Waals surface area contributed by atoms with Gasteiger partial charge in [-0.05, 0) is 19.3 Å². The van der Waals surface area contributed by atoms with Gasteiger partial charge in [-0.1, -0.05) is 5.21 Å². The summed E-state index contributed by atoms with van der Waals surface area (Å²) < 4.78 is 1.59. The minimum atomic E-state index is 0.0453. The number of piperidine rings is 1. The van der Waals surface area contributed by atoms with Gasteiger partial charge in [0, 0.05) is 25.8 Å². The molecule has 0 spiro atoms. The van der Waals surface area contributed by atoms with Gasteiger partial charge < -0.3 is 15.3 Å². The highest BCUT2D eigenvalue weighted by molar-refractivity contribution is 5.78. The highest BCUT2D eigenvalue weighted by Crippen LogP contribution is 2.08. The molecule has 1 aliphatic rings. The Bertz CT molecular complexity index is 401. The lowest BCUT2D eigenvalue weighted by atomic mass is 10.1. The molecule has 1 amide bonds. The van der Waals surface area contributed by atoms with E-state index in [9.17, 15) is 4.79 Å². The van der Waals surface area contributed by atoms with E-state index in [0.29, 0.717) is 19.6 Å². The largest absolute Gasteiger partial charge is 0.394 e. The van der Waals surface area contributed by atoms with Gasteiger partial charge in [-0.3, -0.25) is 4.79 Å². The van der Waals surface area contributed by atoms with Crippen LogP contribution in [0.2, 0.25) is 0 Å². The molecule has 0 unspecified atom stereocenters. The average Bonchev–Trinajstić information content (AvgIpc) is 2.88. The number of likely N-dealkylation sites (tertiary alicyclic amines) is 1. The number of hydrogen-bond donors (Lipinski definition) is 2. The van der Waals surface area contributed by atoms with Crippen molar-refractivity contribution < 1.29 is 9.90 Å². The standard InChI is InChI=1S/C12H21N5O2/c18-7-6-17-10-11(14-15-17)8-13-9-12(19)16-4-2-1-3-5-16/h10,13,18H,1-9H2. The highest BCUT2D eigenvalue weighted by atomic mass is 16.3. The molecule has 2 N–H and O–H groups in total. The first kappa shape index (κ1) is 14.0. The Hall–Kier alpha value is -1.47. The summed E-state index contributed by atoms with van der Waals surface area (Å²) >= 11 is 0. The van der Waals surface area contributed by atoms with Crippen molar-refractivity contribution in [2.24, 2.45) is 0 Å². The van der Waals surface area contributed by atoms with Crippen molar-refractivity contribution in [3.63, 3.8) is 0 Å². The van der Waals surface area contributed by atoms with Gasteiger partial charge in [0.25, 0.3) is 0 Å². The summed E-state index contributed by atoms with van der Waals surface area (Å²) in [6, 6.07) is 0. The SMILES string of the molecule is O=C(CNCc1cn(CCO)nn1)N1CCCCC1. The number of aromatic nitrogens is 3. The zero-order chi connectivity index (χ0) is 13.5. The van der Waals surface area contributed by atoms with Crippen LogP contribution in [0.1, 0.15) is 25.0 Å². The number of carbonyl (C=O) groups excluding carboxylic acids is 1. The Labute approximate surface area is 112 Å². The van der Waals surface area contributed by atoms with Crippen molar-refractivity contribution in [3.8, 4) is 0 Å². The van der Waals surface area contributed by atoms with Crippen molar-refractivity contribution in [2.75, 3.05) is 26.2 Å². The molecule has 0 bridgehead atoms. The minimum Gasteiger partial charge on any atom is -0.394 e. The third kappa shape index (κ3) is 4.29. The van der Waals surface area contributed by atoms with Crippen molar-refractivity contribution in [1.29, 1.82) is 0 Å². The molecule has 2 rings (SSSR count). The second-order valence-electron chi connectivity index (χ2n) is 4.74. The van der Waals surface area contributed by atoms with Gasteiger partial charge in [-0.2, -0.15) is 0 Å². The van der Waals surface area contributed by atoms with Crippen LogP contribution in [-0.2, 0) is 17.9 Å². The first-order chi connectivity index (χ1) is 9.29. The lowest BCUT2D eigenvalue weighted by Crippen LogP contribution is -2.41. The van der Waals surface area contributed by atoms with Crippen LogP contribution < -0.4 is 5.32 Å². The van der Waals surface area contributed by atoms with Crippen LogP contribution in [0.25, 0.3) is 0 Å². The van der Waals surface area contributed by atoms with Crippen LogP contribution in [-0.4, -0.2) is 57.1 Å². The number of amides is 1. The van der Waals surface area contributed by atoms with Crippen molar-refractivity contribution in [3.05, 3.63) is 11.9 Å². The molecule has 0 saturated carbocycles. The monoisotopic (exact) mass is 267 g/mol. The predicted molar refractivity (Wildman–Crippen MR) is 69.2 cm³/mol. The molecule has 7 heteroatoms. The summed E-state index contributed by atoms with van der Waals surface area (Å²) in [7, 11) is 0. The summed E-state index contributed by atoms with van der Waals surface area (Å²) in [5, 5.41) is 19.7. The van der Waals surface area contributed by atoms with Gasteiger partial charge in [0.05, 0.1) is 25.4 Å². The zero-order valence-electron chi connectivity index (χ0n) is 11.1. The van der Waals surface area contributed by atoms with E-state index in [0.717, 1.165) is 31.6 Å². The first-order valence-corrected chi connectivity index (χ1v) is 6.78. The normalized spacial score (nSPS) is 15.7. The summed E-state index contributed by atoms with van der Waals surface area (Å²) in [4.78, 5) is 13.8. The molecule has 2 heterocycles. The van der Waals surface area contributed by atoms with Crippen LogP contribution in [0.3, 0.4) is 0 Å². The third-order valence-electron chi connectivity index (χ3n) is 3.21. The fourth-order valence-corrected chi connectivity index (χ4v) is 2.18. The Morgan fingerprint density at radius 3 is 2.89 bits per heavy atom. The highest BCUT2D eigenvalue weighted by Gasteiger charge is 2.15. The fourth-order valence-electron chi connectivity index (χ4n) is 2.18. The Morgan fingerprint density at radius 1 is 1.37 bits per heavy atom. The van der Waals surface area contributed by atoms with Crippen molar-refractivity contribution >= 4 is 5.91 Å². The predicted octanol–water partition coefficient (Wildman–Crippen LogP) is -0.627.